The number of nitrogens with one attached hydrogen (secondary N) is 1. The summed E-state index contributed by atoms with van der Waals surface area (Å²) in [6, 6.07) is 3.85. The van der Waals surface area contributed by atoms with Gasteiger partial charge >= 0.3 is 0 Å². The van der Waals surface area contributed by atoms with Gasteiger partial charge in [-0.25, -0.2) is 4.98 Å². The summed E-state index contributed by atoms with van der Waals surface area (Å²) in [6.07, 6.45) is 1.51. The summed E-state index contributed by atoms with van der Waals surface area (Å²) in [5.41, 5.74) is 2.18. The maximum absolute atomic E-state index is 6.03. The SMILES string of the molecule is CNc1ncc(Cl)c(Oc2cc(C)c(Br)c(C)c2)n1. The van der Waals surface area contributed by atoms with Gasteiger partial charge in [-0.1, -0.05) is 27.5 Å². The Kier molecular flexibility index (Phi) is 4.27. The molecule has 2 rings (SSSR count). The summed E-state index contributed by atoms with van der Waals surface area (Å²) in [5, 5.41) is 3.22. The van der Waals surface area contributed by atoms with Gasteiger partial charge in [0.2, 0.25) is 11.8 Å². The average Bonchev–Trinajstić information content (AvgIpc) is 2.38. The van der Waals surface area contributed by atoms with E-state index in [2.05, 4.69) is 31.2 Å². The Labute approximate surface area is 125 Å². The minimum absolute atomic E-state index is 0.335. The second-order valence-electron chi connectivity index (χ2n) is 4.07. The fourth-order valence-corrected chi connectivity index (χ4v) is 1.98. The summed E-state index contributed by atoms with van der Waals surface area (Å²) in [7, 11) is 1.74. The monoisotopic (exact) mass is 341 g/mol. The smallest absolute Gasteiger partial charge is 0.243 e. The van der Waals surface area contributed by atoms with Crippen molar-refractivity contribution >= 4 is 33.5 Å². The van der Waals surface area contributed by atoms with Crippen LogP contribution < -0.4 is 10.1 Å². The van der Waals surface area contributed by atoms with Gasteiger partial charge in [-0.2, -0.15) is 4.98 Å². The fourth-order valence-electron chi connectivity index (χ4n) is 1.62. The van der Waals surface area contributed by atoms with Crippen LogP contribution in [0.1, 0.15) is 11.1 Å². The van der Waals surface area contributed by atoms with Crippen molar-refractivity contribution in [2.24, 2.45) is 0 Å². The molecule has 1 aromatic carbocycles. The first-order valence-electron chi connectivity index (χ1n) is 5.66. The van der Waals surface area contributed by atoms with Gasteiger partial charge in [-0.3, -0.25) is 0 Å². The van der Waals surface area contributed by atoms with Gasteiger partial charge in [0.05, 0.1) is 6.20 Å². The van der Waals surface area contributed by atoms with Gasteiger partial charge in [-0.15, -0.1) is 0 Å². The number of nitrogens with zero attached hydrogens (tertiary/aromatic N) is 2. The van der Waals surface area contributed by atoms with E-state index in [1.807, 2.05) is 26.0 Å². The Morgan fingerprint density at radius 1 is 1.26 bits per heavy atom. The van der Waals surface area contributed by atoms with Crippen LogP contribution in [0.4, 0.5) is 5.95 Å². The summed E-state index contributed by atoms with van der Waals surface area (Å²) in [6.45, 7) is 4.01. The van der Waals surface area contributed by atoms with Gasteiger partial charge in [-0.05, 0) is 37.1 Å². The molecule has 0 saturated carbocycles. The summed E-state index contributed by atoms with van der Waals surface area (Å²) < 4.78 is 6.80. The van der Waals surface area contributed by atoms with E-state index in [4.69, 9.17) is 16.3 Å². The number of hydrogen-bond donors (Lipinski definition) is 1. The standard InChI is InChI=1S/C13H13BrClN3O/c1-7-4-9(5-8(2)11(7)14)19-12-10(15)6-17-13(16-3)18-12/h4-6H,1-3H3,(H,16,17,18). The number of aryl methyl sites for hydroxylation is 2. The molecule has 0 aliphatic heterocycles. The van der Waals surface area contributed by atoms with Crippen LogP contribution in [0.15, 0.2) is 22.8 Å². The number of anilines is 1. The first-order chi connectivity index (χ1) is 9.01. The van der Waals surface area contributed by atoms with Gasteiger partial charge in [0, 0.05) is 11.5 Å². The molecule has 0 aliphatic rings. The van der Waals surface area contributed by atoms with E-state index in [1.165, 1.54) is 6.20 Å². The van der Waals surface area contributed by atoms with E-state index in [0.717, 1.165) is 15.6 Å². The van der Waals surface area contributed by atoms with Gasteiger partial charge in [0.1, 0.15) is 10.8 Å². The van der Waals surface area contributed by atoms with Crippen LogP contribution >= 0.6 is 27.5 Å². The van der Waals surface area contributed by atoms with E-state index in [1.54, 1.807) is 7.05 Å². The Morgan fingerprint density at radius 3 is 2.47 bits per heavy atom. The highest BCUT2D eigenvalue weighted by Crippen LogP contribution is 2.31. The van der Waals surface area contributed by atoms with Crippen LogP contribution in [-0.2, 0) is 0 Å². The molecule has 100 valence electrons. The molecule has 0 aliphatic carbocycles. The number of halogens is 2. The van der Waals surface area contributed by atoms with Crippen molar-refractivity contribution < 1.29 is 4.74 Å². The Morgan fingerprint density at radius 2 is 1.89 bits per heavy atom. The molecule has 0 amide bonds. The van der Waals surface area contributed by atoms with Crippen molar-refractivity contribution in [3.63, 3.8) is 0 Å². The molecule has 6 heteroatoms. The molecule has 0 bridgehead atoms. The van der Waals surface area contributed by atoms with Crippen molar-refractivity contribution in [1.29, 1.82) is 0 Å². The van der Waals surface area contributed by atoms with Crippen LogP contribution in [0.3, 0.4) is 0 Å². The minimum atomic E-state index is 0.335. The molecule has 0 saturated heterocycles. The van der Waals surface area contributed by atoms with Crippen LogP contribution in [-0.4, -0.2) is 17.0 Å². The lowest BCUT2D eigenvalue weighted by molar-refractivity contribution is 0.462. The largest absolute Gasteiger partial charge is 0.437 e. The Balaban J connectivity index is 2.36. The first-order valence-corrected chi connectivity index (χ1v) is 6.83. The zero-order chi connectivity index (χ0) is 14.0. The third-order valence-electron chi connectivity index (χ3n) is 2.56. The van der Waals surface area contributed by atoms with E-state index in [0.29, 0.717) is 22.6 Å². The third-order valence-corrected chi connectivity index (χ3v) is 4.07. The fraction of sp³-hybridized carbons (Fsp3) is 0.231. The van der Waals surface area contributed by atoms with Crippen molar-refractivity contribution in [3.8, 4) is 11.6 Å². The van der Waals surface area contributed by atoms with E-state index in [-0.39, 0.29) is 0 Å². The zero-order valence-electron chi connectivity index (χ0n) is 10.8. The van der Waals surface area contributed by atoms with E-state index >= 15 is 0 Å². The molecule has 0 fully saturated rings. The maximum atomic E-state index is 6.03. The molecule has 1 N–H and O–H groups in total. The molecule has 0 radical (unpaired) electrons. The number of hydrogen-bond acceptors (Lipinski definition) is 4. The summed E-state index contributed by atoms with van der Waals surface area (Å²) in [4.78, 5) is 8.19. The van der Waals surface area contributed by atoms with Crippen molar-refractivity contribution in [3.05, 3.63) is 39.0 Å². The number of ether oxygens (including phenoxy) is 1. The lowest BCUT2D eigenvalue weighted by Crippen LogP contribution is -1.98. The molecule has 2 aromatic rings. The highest BCUT2D eigenvalue weighted by atomic mass is 79.9. The topological polar surface area (TPSA) is 47.0 Å². The molecular weight excluding hydrogens is 330 g/mol. The lowest BCUT2D eigenvalue weighted by Gasteiger charge is -2.10. The average molecular weight is 343 g/mol. The summed E-state index contributed by atoms with van der Waals surface area (Å²) in [5.74, 6) is 1.49. The molecule has 0 unspecified atom stereocenters. The van der Waals surface area contributed by atoms with Crippen molar-refractivity contribution in [2.45, 2.75) is 13.8 Å². The second-order valence-corrected chi connectivity index (χ2v) is 5.27. The molecule has 1 heterocycles. The van der Waals surface area contributed by atoms with Crippen molar-refractivity contribution in [2.75, 3.05) is 12.4 Å². The molecular formula is C13H13BrClN3O. The number of aromatic nitrogens is 2. The Hall–Kier alpha value is -1.33. The highest BCUT2D eigenvalue weighted by molar-refractivity contribution is 9.10. The van der Waals surface area contributed by atoms with Gasteiger partial charge < -0.3 is 10.1 Å². The van der Waals surface area contributed by atoms with Crippen LogP contribution in [0.25, 0.3) is 0 Å². The van der Waals surface area contributed by atoms with Crippen LogP contribution in [0.5, 0.6) is 11.6 Å². The zero-order valence-corrected chi connectivity index (χ0v) is 13.1. The van der Waals surface area contributed by atoms with Gasteiger partial charge in [0.25, 0.3) is 0 Å². The highest BCUT2D eigenvalue weighted by Gasteiger charge is 2.09. The normalized spacial score (nSPS) is 10.4. The Bertz CT molecular complexity index is 596. The molecule has 0 spiro atoms. The first kappa shape index (κ1) is 14.1. The minimum Gasteiger partial charge on any atom is -0.437 e. The van der Waals surface area contributed by atoms with Crippen molar-refractivity contribution in [1.82, 2.24) is 9.97 Å². The molecule has 4 nitrogen and oxygen atoms in total. The van der Waals surface area contributed by atoms with E-state index < -0.39 is 0 Å². The summed E-state index contributed by atoms with van der Waals surface area (Å²) >= 11 is 9.55. The molecule has 19 heavy (non-hydrogen) atoms. The maximum Gasteiger partial charge on any atom is 0.243 e. The van der Waals surface area contributed by atoms with E-state index in [9.17, 15) is 0 Å². The quantitative estimate of drug-likeness (QED) is 0.901. The predicted octanol–water partition coefficient (Wildman–Crippen LogP) is 4.34. The second kappa shape index (κ2) is 5.75. The predicted molar refractivity (Wildman–Crippen MR) is 80.3 cm³/mol. The van der Waals surface area contributed by atoms with Crippen LogP contribution in [0.2, 0.25) is 5.02 Å². The molecule has 1 aromatic heterocycles. The van der Waals surface area contributed by atoms with Crippen LogP contribution in [0, 0.1) is 13.8 Å². The lowest BCUT2D eigenvalue weighted by atomic mass is 10.1. The number of rotatable bonds is 3. The third kappa shape index (κ3) is 3.16. The van der Waals surface area contributed by atoms with Gasteiger partial charge in [0.15, 0.2) is 0 Å². The molecule has 0 atom stereocenters. The number of benzene rings is 1.